The first-order valence-electron chi connectivity index (χ1n) is 8.19. The minimum Gasteiger partial charge on any atom is -0.465 e. The predicted molar refractivity (Wildman–Crippen MR) is 101 cm³/mol. The van der Waals surface area contributed by atoms with E-state index < -0.39 is 0 Å². The summed E-state index contributed by atoms with van der Waals surface area (Å²) in [5.74, 6) is -0.0507. The predicted octanol–water partition coefficient (Wildman–Crippen LogP) is 1.40. The minimum atomic E-state index is -0.361. The van der Waals surface area contributed by atoms with Crippen molar-refractivity contribution >= 4 is 17.6 Å². The number of carbonyl (C=O) groups is 1. The van der Waals surface area contributed by atoms with Crippen molar-refractivity contribution in [2.45, 2.75) is 18.4 Å². The second kappa shape index (κ2) is 8.82. The summed E-state index contributed by atoms with van der Waals surface area (Å²) in [5.41, 5.74) is 19.4. The topological polar surface area (TPSA) is 117 Å². The summed E-state index contributed by atoms with van der Waals surface area (Å²) in [7, 11) is 3.03. The molecule has 1 aliphatic heterocycles. The van der Waals surface area contributed by atoms with Crippen LogP contribution in [-0.4, -0.2) is 44.3 Å². The summed E-state index contributed by atoms with van der Waals surface area (Å²) in [6.07, 6.45) is 2.38. The zero-order valence-corrected chi connectivity index (χ0v) is 15.7. The third kappa shape index (κ3) is 4.83. The molecule has 1 heterocycles. The van der Waals surface area contributed by atoms with Gasteiger partial charge >= 0.3 is 5.97 Å². The van der Waals surface area contributed by atoms with Crippen LogP contribution in [0.25, 0.3) is 0 Å². The van der Waals surface area contributed by atoms with Gasteiger partial charge in [-0.1, -0.05) is 23.7 Å². The van der Waals surface area contributed by atoms with E-state index in [-0.39, 0.29) is 29.0 Å². The third-order valence-corrected chi connectivity index (χ3v) is 4.57. The number of rotatable bonds is 5. The molecule has 26 heavy (non-hydrogen) atoms. The SMILES string of the molecule is COC(=O)c1ccc(C2CC(OC)CN(C(/C=C(\N)Cl)=C(N)N)C2)cc1. The zero-order valence-electron chi connectivity index (χ0n) is 14.9. The summed E-state index contributed by atoms with van der Waals surface area (Å²) in [4.78, 5) is 13.6. The lowest BCUT2D eigenvalue weighted by molar-refractivity contribution is 0.0352. The molecule has 0 bridgehead atoms. The maximum Gasteiger partial charge on any atom is 0.337 e. The van der Waals surface area contributed by atoms with E-state index >= 15 is 0 Å². The number of hydrogen-bond donors (Lipinski definition) is 3. The summed E-state index contributed by atoms with van der Waals surface area (Å²) in [6, 6.07) is 7.36. The molecule has 1 fully saturated rings. The van der Waals surface area contributed by atoms with E-state index in [1.165, 1.54) is 7.11 Å². The van der Waals surface area contributed by atoms with Gasteiger partial charge in [-0.2, -0.15) is 0 Å². The van der Waals surface area contributed by atoms with Crippen LogP contribution in [0.5, 0.6) is 0 Å². The number of likely N-dealkylation sites (tertiary alicyclic amines) is 1. The molecule has 0 saturated carbocycles. The molecule has 0 aromatic heterocycles. The molecular formula is C18H25ClN4O3. The molecule has 0 radical (unpaired) electrons. The second-order valence-corrected chi connectivity index (χ2v) is 6.62. The minimum absolute atomic E-state index is 0.00617. The summed E-state index contributed by atoms with van der Waals surface area (Å²) in [6.45, 7) is 1.30. The molecule has 0 amide bonds. The van der Waals surface area contributed by atoms with E-state index in [1.54, 1.807) is 25.3 Å². The van der Waals surface area contributed by atoms with Crippen LogP contribution < -0.4 is 17.2 Å². The Bertz CT molecular complexity index is 695. The first-order chi connectivity index (χ1) is 12.3. The Kier molecular flexibility index (Phi) is 6.76. The van der Waals surface area contributed by atoms with Gasteiger partial charge in [-0.3, -0.25) is 0 Å². The highest BCUT2D eigenvalue weighted by Crippen LogP contribution is 2.31. The second-order valence-electron chi connectivity index (χ2n) is 6.18. The van der Waals surface area contributed by atoms with Crippen molar-refractivity contribution in [1.82, 2.24) is 4.90 Å². The van der Waals surface area contributed by atoms with Gasteiger partial charge in [0.25, 0.3) is 0 Å². The van der Waals surface area contributed by atoms with Crippen LogP contribution in [0, 0.1) is 0 Å². The Hall–Kier alpha value is -2.38. The fourth-order valence-electron chi connectivity index (χ4n) is 3.16. The van der Waals surface area contributed by atoms with Gasteiger partial charge in [0.15, 0.2) is 0 Å². The van der Waals surface area contributed by atoms with E-state index in [0.29, 0.717) is 24.4 Å². The highest BCUT2D eigenvalue weighted by Gasteiger charge is 2.30. The summed E-state index contributed by atoms with van der Waals surface area (Å²) < 4.78 is 10.3. The quantitative estimate of drug-likeness (QED) is 0.401. The molecular weight excluding hydrogens is 356 g/mol. The van der Waals surface area contributed by atoms with E-state index in [2.05, 4.69) is 0 Å². The maximum atomic E-state index is 11.6. The van der Waals surface area contributed by atoms with Crippen molar-refractivity contribution in [1.29, 1.82) is 0 Å². The van der Waals surface area contributed by atoms with E-state index in [9.17, 15) is 4.79 Å². The summed E-state index contributed by atoms with van der Waals surface area (Å²) in [5, 5.41) is 0.104. The Balaban J connectivity index is 2.28. The zero-order chi connectivity index (χ0) is 19.3. The smallest absolute Gasteiger partial charge is 0.337 e. The fourth-order valence-corrected chi connectivity index (χ4v) is 3.26. The maximum absolute atomic E-state index is 11.6. The number of esters is 1. The van der Waals surface area contributed by atoms with Crippen LogP contribution in [0.3, 0.4) is 0 Å². The van der Waals surface area contributed by atoms with Gasteiger partial charge in [0.05, 0.1) is 24.5 Å². The van der Waals surface area contributed by atoms with Crippen LogP contribution in [0.15, 0.2) is 47.0 Å². The van der Waals surface area contributed by atoms with Crippen LogP contribution in [-0.2, 0) is 9.47 Å². The highest BCUT2D eigenvalue weighted by atomic mass is 35.5. The number of ether oxygens (including phenoxy) is 2. The van der Waals surface area contributed by atoms with Gasteiger partial charge in [-0.15, -0.1) is 0 Å². The van der Waals surface area contributed by atoms with E-state index in [4.69, 9.17) is 38.3 Å². The largest absolute Gasteiger partial charge is 0.465 e. The van der Waals surface area contributed by atoms with Crippen molar-refractivity contribution < 1.29 is 14.3 Å². The lowest BCUT2D eigenvalue weighted by Gasteiger charge is -2.39. The normalized spacial score (nSPS) is 20.6. The number of piperidine rings is 1. The van der Waals surface area contributed by atoms with Crippen molar-refractivity contribution in [2.24, 2.45) is 17.2 Å². The Morgan fingerprint density at radius 3 is 2.35 bits per heavy atom. The van der Waals surface area contributed by atoms with Crippen LogP contribution in [0.2, 0.25) is 0 Å². The molecule has 0 aliphatic carbocycles. The van der Waals surface area contributed by atoms with E-state index in [0.717, 1.165) is 12.0 Å². The van der Waals surface area contributed by atoms with Gasteiger partial charge in [0.1, 0.15) is 11.0 Å². The molecule has 1 aromatic rings. The number of nitrogens with zero attached hydrogens (tertiary/aromatic N) is 1. The Morgan fingerprint density at radius 2 is 1.85 bits per heavy atom. The number of nitrogens with two attached hydrogens (primary N) is 3. The number of hydrogen-bond acceptors (Lipinski definition) is 7. The van der Waals surface area contributed by atoms with Crippen molar-refractivity contribution in [3.05, 3.63) is 58.1 Å². The molecule has 2 atom stereocenters. The number of benzene rings is 1. The van der Waals surface area contributed by atoms with Gasteiger partial charge in [-0.05, 0) is 30.2 Å². The molecule has 6 N–H and O–H groups in total. The lowest BCUT2D eigenvalue weighted by atomic mass is 9.88. The molecule has 2 unspecified atom stereocenters. The number of halogens is 1. The molecule has 1 aliphatic rings. The van der Waals surface area contributed by atoms with Crippen molar-refractivity contribution in [3.8, 4) is 0 Å². The molecule has 1 saturated heterocycles. The van der Waals surface area contributed by atoms with Gasteiger partial charge in [0, 0.05) is 26.1 Å². The van der Waals surface area contributed by atoms with Gasteiger partial charge in [0.2, 0.25) is 0 Å². The third-order valence-electron chi connectivity index (χ3n) is 4.46. The number of allylic oxidation sites excluding steroid dienone is 1. The molecule has 142 valence electrons. The number of methoxy groups -OCH3 is 2. The van der Waals surface area contributed by atoms with Gasteiger partial charge in [-0.25, -0.2) is 4.79 Å². The highest BCUT2D eigenvalue weighted by molar-refractivity contribution is 6.29. The molecule has 8 heteroatoms. The Labute approximate surface area is 158 Å². The monoisotopic (exact) mass is 380 g/mol. The van der Waals surface area contributed by atoms with Crippen molar-refractivity contribution in [3.63, 3.8) is 0 Å². The van der Waals surface area contributed by atoms with Crippen LogP contribution >= 0.6 is 11.6 Å². The molecule has 0 spiro atoms. The lowest BCUT2D eigenvalue weighted by Crippen LogP contribution is -2.43. The molecule has 7 nitrogen and oxygen atoms in total. The first kappa shape index (κ1) is 19.9. The first-order valence-corrected chi connectivity index (χ1v) is 8.57. The van der Waals surface area contributed by atoms with E-state index in [1.807, 2.05) is 17.0 Å². The average Bonchev–Trinajstić information content (AvgIpc) is 2.64. The molecule has 1 aromatic carbocycles. The number of carbonyl (C=O) groups excluding carboxylic acids is 1. The van der Waals surface area contributed by atoms with Crippen LogP contribution in [0.1, 0.15) is 28.3 Å². The standard InChI is InChI=1S/C18H25ClN4O3/c1-25-14-7-13(11-3-5-12(6-4-11)18(24)26-2)9-23(10-14)15(17(21)22)8-16(19)20/h3-6,8,13-14H,7,9-10,20-22H2,1-2H3/b16-8-. The molecule has 2 rings (SSSR count). The summed E-state index contributed by atoms with van der Waals surface area (Å²) >= 11 is 5.81. The van der Waals surface area contributed by atoms with Crippen LogP contribution in [0.4, 0.5) is 0 Å². The Morgan fingerprint density at radius 1 is 1.19 bits per heavy atom. The van der Waals surface area contributed by atoms with Crippen molar-refractivity contribution in [2.75, 3.05) is 27.3 Å². The average molecular weight is 381 g/mol. The fraction of sp³-hybridized carbons (Fsp3) is 0.389. The van der Waals surface area contributed by atoms with Gasteiger partial charge < -0.3 is 31.6 Å².